The molecule has 1 atom stereocenters. The van der Waals surface area contributed by atoms with Crippen LogP contribution in [-0.2, 0) is 15.7 Å². The number of ether oxygens (including phenoxy) is 1. The smallest absolute Gasteiger partial charge is 0.383 e. The molecule has 0 aromatic heterocycles. The van der Waals surface area contributed by atoms with Crippen molar-refractivity contribution in [1.29, 1.82) is 5.26 Å². The number of nitrogens with one attached hydrogen (secondary N) is 2. The molecule has 35 heavy (non-hydrogen) atoms. The Kier molecular flexibility index (Phi) is 7.12. The predicted molar refractivity (Wildman–Crippen MR) is 122 cm³/mol. The van der Waals surface area contributed by atoms with Crippen LogP contribution in [0.1, 0.15) is 36.8 Å². The van der Waals surface area contributed by atoms with E-state index in [0.29, 0.717) is 57.9 Å². The van der Waals surface area contributed by atoms with Gasteiger partial charge in [0.15, 0.2) is 0 Å². The van der Waals surface area contributed by atoms with Crippen molar-refractivity contribution < 1.29 is 27.5 Å². The molecule has 2 N–H and O–H groups in total. The summed E-state index contributed by atoms with van der Waals surface area (Å²) in [6.45, 7) is 2.39. The van der Waals surface area contributed by atoms with Crippen LogP contribution in [0.2, 0.25) is 0 Å². The molecule has 11 heteroatoms. The fraction of sp³-hybridized carbons (Fsp3) is 0.625. The van der Waals surface area contributed by atoms with E-state index in [4.69, 9.17) is 10.00 Å². The third-order valence-corrected chi connectivity index (χ3v) is 7.31. The summed E-state index contributed by atoms with van der Waals surface area (Å²) in [7, 11) is 1.55. The highest BCUT2D eigenvalue weighted by atomic mass is 19.4. The number of nitrogens with zero attached hydrogens (tertiary/aromatic N) is 3. The van der Waals surface area contributed by atoms with E-state index in [1.807, 2.05) is 4.90 Å². The molecule has 0 bridgehead atoms. The van der Waals surface area contributed by atoms with E-state index in [0.717, 1.165) is 18.9 Å². The lowest BCUT2D eigenvalue weighted by molar-refractivity contribution is -0.137. The standard InChI is InChI=1S/C24H30F3N5O3/c1-35-11-8-29-22(34)32-14-20(21(33)30-17-3-4-17)23(15-32)6-9-31(10-7-23)18-5-2-16(13-28)19(12-18)24(25,26)27/h2,5,12,17,20H,3-4,6-11,14-15H2,1H3,(H,29,34)(H,30,33). The first-order valence-electron chi connectivity index (χ1n) is 11.9. The van der Waals surface area contributed by atoms with Gasteiger partial charge in [0.1, 0.15) is 0 Å². The van der Waals surface area contributed by atoms with Gasteiger partial charge in [-0.3, -0.25) is 4.79 Å². The third kappa shape index (κ3) is 5.48. The van der Waals surface area contributed by atoms with E-state index < -0.39 is 22.7 Å². The second kappa shape index (κ2) is 9.93. The number of hydrogen-bond acceptors (Lipinski definition) is 5. The van der Waals surface area contributed by atoms with Gasteiger partial charge in [-0.2, -0.15) is 18.4 Å². The number of urea groups is 1. The summed E-state index contributed by atoms with van der Waals surface area (Å²) in [5, 5.41) is 14.9. The minimum Gasteiger partial charge on any atom is -0.383 e. The molecule has 2 aliphatic heterocycles. The number of hydrogen-bond donors (Lipinski definition) is 2. The van der Waals surface area contributed by atoms with E-state index >= 15 is 0 Å². The Balaban J connectivity index is 1.49. The minimum atomic E-state index is -4.62. The van der Waals surface area contributed by atoms with E-state index in [1.54, 1.807) is 18.1 Å². The van der Waals surface area contributed by atoms with Crippen LogP contribution in [0.5, 0.6) is 0 Å². The normalized spacial score (nSPS) is 21.6. The zero-order valence-corrected chi connectivity index (χ0v) is 19.7. The van der Waals surface area contributed by atoms with Gasteiger partial charge in [0.2, 0.25) is 5.91 Å². The van der Waals surface area contributed by atoms with Crippen LogP contribution in [0.4, 0.5) is 23.7 Å². The molecule has 3 fully saturated rings. The minimum absolute atomic E-state index is 0.0501. The van der Waals surface area contributed by atoms with Gasteiger partial charge in [0.05, 0.1) is 29.7 Å². The molecule has 1 unspecified atom stereocenters. The summed E-state index contributed by atoms with van der Waals surface area (Å²) in [5.41, 5.74) is -1.39. The molecule has 1 aromatic rings. The first-order chi connectivity index (χ1) is 16.7. The molecule has 1 spiro atoms. The number of carbonyl (C=O) groups is 2. The molecule has 1 aromatic carbocycles. The third-order valence-electron chi connectivity index (χ3n) is 7.31. The fourth-order valence-electron chi connectivity index (χ4n) is 5.16. The quantitative estimate of drug-likeness (QED) is 0.594. The lowest BCUT2D eigenvalue weighted by Crippen LogP contribution is -2.49. The van der Waals surface area contributed by atoms with Crippen LogP contribution in [0.25, 0.3) is 0 Å². The molecule has 1 aliphatic carbocycles. The Morgan fingerprint density at radius 3 is 2.57 bits per heavy atom. The Labute approximate surface area is 202 Å². The number of rotatable bonds is 6. The summed E-state index contributed by atoms with van der Waals surface area (Å²) in [4.78, 5) is 29.4. The van der Waals surface area contributed by atoms with Gasteiger partial charge >= 0.3 is 12.2 Å². The summed E-state index contributed by atoms with van der Waals surface area (Å²) in [6, 6.07) is 5.33. The number of nitriles is 1. The van der Waals surface area contributed by atoms with E-state index in [1.165, 1.54) is 12.1 Å². The average Bonchev–Trinajstić information content (AvgIpc) is 3.57. The maximum Gasteiger partial charge on any atom is 0.417 e. The lowest BCUT2D eigenvalue weighted by Gasteiger charge is -2.43. The van der Waals surface area contributed by atoms with Crippen molar-refractivity contribution in [2.75, 3.05) is 51.3 Å². The van der Waals surface area contributed by atoms with Gasteiger partial charge in [0, 0.05) is 57.0 Å². The number of anilines is 1. The molecule has 190 valence electrons. The van der Waals surface area contributed by atoms with E-state index in [2.05, 4.69) is 10.6 Å². The maximum absolute atomic E-state index is 13.4. The molecule has 1 saturated carbocycles. The summed E-state index contributed by atoms with van der Waals surface area (Å²) in [6.07, 6.45) is -1.56. The zero-order chi connectivity index (χ0) is 25.2. The van der Waals surface area contributed by atoms with Gasteiger partial charge in [0.25, 0.3) is 0 Å². The molecule has 2 heterocycles. The van der Waals surface area contributed by atoms with Crippen molar-refractivity contribution in [2.24, 2.45) is 11.3 Å². The van der Waals surface area contributed by atoms with Crippen molar-refractivity contribution in [2.45, 2.75) is 37.9 Å². The van der Waals surface area contributed by atoms with Gasteiger partial charge in [-0.1, -0.05) is 0 Å². The number of alkyl halides is 3. The van der Waals surface area contributed by atoms with Crippen molar-refractivity contribution >= 4 is 17.6 Å². The van der Waals surface area contributed by atoms with E-state index in [9.17, 15) is 22.8 Å². The topological polar surface area (TPSA) is 97.7 Å². The summed E-state index contributed by atoms with van der Waals surface area (Å²) >= 11 is 0. The van der Waals surface area contributed by atoms with Crippen molar-refractivity contribution in [3.63, 3.8) is 0 Å². The van der Waals surface area contributed by atoms with Crippen LogP contribution in [0.3, 0.4) is 0 Å². The highest BCUT2D eigenvalue weighted by molar-refractivity contribution is 5.83. The number of benzene rings is 1. The van der Waals surface area contributed by atoms with Crippen molar-refractivity contribution in [1.82, 2.24) is 15.5 Å². The Bertz CT molecular complexity index is 997. The second-order valence-corrected chi connectivity index (χ2v) is 9.63. The summed E-state index contributed by atoms with van der Waals surface area (Å²) < 4.78 is 45.3. The SMILES string of the molecule is COCCNC(=O)N1CC(C(=O)NC2CC2)C2(CCN(c3ccc(C#N)c(C(F)(F)F)c3)CC2)C1. The Morgan fingerprint density at radius 1 is 1.26 bits per heavy atom. The molecule has 3 amide bonds. The highest BCUT2D eigenvalue weighted by Crippen LogP contribution is 2.46. The van der Waals surface area contributed by atoms with Gasteiger partial charge in [-0.15, -0.1) is 0 Å². The van der Waals surface area contributed by atoms with Gasteiger partial charge in [-0.25, -0.2) is 4.79 Å². The van der Waals surface area contributed by atoms with E-state index in [-0.39, 0.29) is 23.9 Å². The summed E-state index contributed by atoms with van der Waals surface area (Å²) in [5.74, 6) is -0.420. The Morgan fingerprint density at radius 2 is 1.97 bits per heavy atom. The van der Waals surface area contributed by atoms with Crippen molar-refractivity contribution in [3.8, 4) is 6.07 Å². The van der Waals surface area contributed by atoms with Crippen molar-refractivity contribution in [3.05, 3.63) is 29.3 Å². The molecular formula is C24H30F3N5O3. The number of halogens is 3. The number of piperidine rings is 1. The molecule has 8 nitrogen and oxygen atoms in total. The first-order valence-corrected chi connectivity index (χ1v) is 11.9. The number of carbonyl (C=O) groups excluding carboxylic acids is 2. The largest absolute Gasteiger partial charge is 0.417 e. The highest BCUT2D eigenvalue weighted by Gasteiger charge is 2.53. The van der Waals surface area contributed by atoms with Crippen LogP contribution in [0, 0.1) is 22.7 Å². The fourth-order valence-corrected chi connectivity index (χ4v) is 5.16. The maximum atomic E-state index is 13.4. The second-order valence-electron chi connectivity index (χ2n) is 9.63. The van der Waals surface area contributed by atoms with Gasteiger partial charge < -0.3 is 25.2 Å². The van der Waals surface area contributed by atoms with Gasteiger partial charge in [-0.05, 0) is 43.9 Å². The lowest BCUT2D eigenvalue weighted by atomic mass is 9.70. The first kappa shape index (κ1) is 25.1. The zero-order valence-electron chi connectivity index (χ0n) is 19.7. The van der Waals surface area contributed by atoms with Crippen LogP contribution in [-0.4, -0.2) is 69.3 Å². The predicted octanol–water partition coefficient (Wildman–Crippen LogP) is 2.73. The molecule has 4 rings (SSSR count). The molecule has 0 radical (unpaired) electrons. The molecule has 3 aliphatic rings. The van der Waals surface area contributed by atoms with Crippen LogP contribution in [0.15, 0.2) is 18.2 Å². The molecular weight excluding hydrogens is 463 g/mol. The monoisotopic (exact) mass is 493 g/mol. The number of methoxy groups -OCH3 is 1. The van der Waals surface area contributed by atoms with Crippen LogP contribution < -0.4 is 15.5 Å². The number of likely N-dealkylation sites (tertiary alicyclic amines) is 1. The molecule has 2 saturated heterocycles. The Hall–Kier alpha value is -3.00. The average molecular weight is 494 g/mol. The number of amides is 3. The van der Waals surface area contributed by atoms with Crippen LogP contribution >= 0.6 is 0 Å².